The van der Waals surface area contributed by atoms with Crippen LogP contribution >= 0.6 is 12.4 Å². The molecule has 2 N–H and O–H groups in total. The third kappa shape index (κ3) is 5.87. The highest BCUT2D eigenvalue weighted by Gasteiger charge is 2.34. The highest BCUT2D eigenvalue weighted by atomic mass is 35.5. The van der Waals surface area contributed by atoms with Gasteiger partial charge in [0.25, 0.3) is 0 Å². The Balaban J connectivity index is 0.00000312. The molecule has 0 saturated carbocycles. The zero-order valence-electron chi connectivity index (χ0n) is 14.4. The van der Waals surface area contributed by atoms with Crippen LogP contribution in [0.4, 0.5) is 13.2 Å². The van der Waals surface area contributed by atoms with Gasteiger partial charge in [-0.15, -0.1) is 12.4 Å². The molecule has 0 aliphatic carbocycles. The van der Waals surface area contributed by atoms with Crippen LogP contribution in [0.15, 0.2) is 24.3 Å². The third-order valence-corrected chi connectivity index (χ3v) is 4.40. The van der Waals surface area contributed by atoms with E-state index in [0.29, 0.717) is 12.1 Å². The number of halogens is 4. The van der Waals surface area contributed by atoms with Crippen molar-refractivity contribution in [3.8, 4) is 0 Å². The van der Waals surface area contributed by atoms with E-state index in [9.17, 15) is 18.0 Å². The van der Waals surface area contributed by atoms with Crippen LogP contribution in [0.5, 0.6) is 0 Å². The first-order valence-electron chi connectivity index (χ1n) is 8.10. The van der Waals surface area contributed by atoms with E-state index in [2.05, 4.69) is 15.5 Å². The minimum Gasteiger partial charge on any atom is -0.354 e. The van der Waals surface area contributed by atoms with E-state index in [0.717, 1.165) is 44.9 Å². The number of hydrogen-bond donors (Lipinski definition) is 2. The maximum absolute atomic E-state index is 12.9. The van der Waals surface area contributed by atoms with Gasteiger partial charge in [0.15, 0.2) is 0 Å². The van der Waals surface area contributed by atoms with Crippen LogP contribution < -0.4 is 10.6 Å². The maximum Gasteiger partial charge on any atom is 0.416 e. The predicted molar refractivity (Wildman–Crippen MR) is 94.0 cm³/mol. The molecule has 25 heavy (non-hydrogen) atoms. The Kier molecular flexibility index (Phi) is 7.71. The molecular formula is C17H25ClF3N3O. The molecule has 1 fully saturated rings. The Labute approximate surface area is 152 Å². The summed E-state index contributed by atoms with van der Waals surface area (Å²) in [6.45, 7) is 8.26. The molecule has 8 heteroatoms. The average molecular weight is 380 g/mol. The summed E-state index contributed by atoms with van der Waals surface area (Å²) in [7, 11) is 0. The number of alkyl halides is 3. The largest absolute Gasteiger partial charge is 0.416 e. The Morgan fingerprint density at radius 1 is 1.20 bits per heavy atom. The van der Waals surface area contributed by atoms with Crippen LogP contribution in [-0.2, 0) is 16.4 Å². The molecular weight excluding hydrogens is 355 g/mol. The van der Waals surface area contributed by atoms with E-state index in [1.807, 2.05) is 0 Å². The lowest BCUT2D eigenvalue weighted by atomic mass is 9.83. The van der Waals surface area contributed by atoms with Gasteiger partial charge in [-0.05, 0) is 25.5 Å². The number of amides is 1. The second kappa shape index (κ2) is 8.87. The van der Waals surface area contributed by atoms with E-state index in [1.54, 1.807) is 19.9 Å². The summed E-state index contributed by atoms with van der Waals surface area (Å²) < 4.78 is 38.6. The SMILES string of the molecule is CC(C)(C(=O)NCCN1CCNCC1)c1cccc(C(F)(F)F)c1.Cl. The van der Waals surface area contributed by atoms with Gasteiger partial charge in [-0.2, -0.15) is 13.2 Å². The molecule has 1 aromatic carbocycles. The van der Waals surface area contributed by atoms with Crippen molar-refractivity contribution in [1.82, 2.24) is 15.5 Å². The summed E-state index contributed by atoms with van der Waals surface area (Å²) in [5.74, 6) is -0.267. The summed E-state index contributed by atoms with van der Waals surface area (Å²) in [4.78, 5) is 14.7. The minimum absolute atomic E-state index is 0. The number of hydrogen-bond acceptors (Lipinski definition) is 3. The fraction of sp³-hybridized carbons (Fsp3) is 0.588. The van der Waals surface area contributed by atoms with Crippen LogP contribution in [0.2, 0.25) is 0 Å². The molecule has 0 aromatic heterocycles. The van der Waals surface area contributed by atoms with Crippen molar-refractivity contribution in [3.63, 3.8) is 0 Å². The molecule has 2 rings (SSSR count). The average Bonchev–Trinajstić information content (AvgIpc) is 2.55. The van der Waals surface area contributed by atoms with Crippen molar-refractivity contribution in [2.75, 3.05) is 39.3 Å². The van der Waals surface area contributed by atoms with E-state index in [-0.39, 0.29) is 18.3 Å². The Hall–Kier alpha value is -1.31. The molecule has 0 bridgehead atoms. The first kappa shape index (κ1) is 21.7. The quantitative estimate of drug-likeness (QED) is 0.826. The van der Waals surface area contributed by atoms with Crippen LogP contribution in [-0.4, -0.2) is 50.1 Å². The molecule has 0 radical (unpaired) electrons. The normalized spacial score (nSPS) is 16.2. The van der Waals surface area contributed by atoms with Crippen LogP contribution in [0.1, 0.15) is 25.0 Å². The fourth-order valence-electron chi connectivity index (χ4n) is 2.70. The Bertz CT molecular complexity index is 573. The van der Waals surface area contributed by atoms with Crippen molar-refractivity contribution in [1.29, 1.82) is 0 Å². The number of piperazine rings is 1. The van der Waals surface area contributed by atoms with E-state index < -0.39 is 17.2 Å². The molecule has 1 aliphatic rings. The molecule has 1 aliphatic heterocycles. The number of carbonyl (C=O) groups excluding carboxylic acids is 1. The lowest BCUT2D eigenvalue weighted by Gasteiger charge is -2.29. The minimum atomic E-state index is -4.41. The van der Waals surface area contributed by atoms with Crippen molar-refractivity contribution >= 4 is 18.3 Å². The smallest absolute Gasteiger partial charge is 0.354 e. The van der Waals surface area contributed by atoms with Crippen LogP contribution in [0, 0.1) is 0 Å². The second-order valence-corrected chi connectivity index (χ2v) is 6.55. The molecule has 0 spiro atoms. The fourth-order valence-corrected chi connectivity index (χ4v) is 2.70. The van der Waals surface area contributed by atoms with Gasteiger partial charge >= 0.3 is 6.18 Å². The van der Waals surface area contributed by atoms with Crippen molar-refractivity contribution in [2.45, 2.75) is 25.4 Å². The summed E-state index contributed by atoms with van der Waals surface area (Å²) in [5.41, 5.74) is -1.40. The first-order chi connectivity index (χ1) is 11.2. The lowest BCUT2D eigenvalue weighted by molar-refractivity contribution is -0.137. The standard InChI is InChI=1S/C17H24F3N3O.ClH/c1-16(2,13-4-3-5-14(12-13)17(18,19)20)15(24)22-8-11-23-9-6-21-7-10-23;/h3-5,12,21H,6-11H2,1-2H3,(H,22,24);1H. The van der Waals surface area contributed by atoms with Gasteiger partial charge in [0.05, 0.1) is 11.0 Å². The van der Waals surface area contributed by atoms with E-state index in [1.165, 1.54) is 6.07 Å². The van der Waals surface area contributed by atoms with Gasteiger partial charge in [0.1, 0.15) is 0 Å². The molecule has 0 unspecified atom stereocenters. The van der Waals surface area contributed by atoms with Gasteiger partial charge in [-0.3, -0.25) is 9.69 Å². The second-order valence-electron chi connectivity index (χ2n) is 6.55. The van der Waals surface area contributed by atoms with Gasteiger partial charge in [0, 0.05) is 39.3 Å². The molecule has 142 valence electrons. The van der Waals surface area contributed by atoms with Crippen molar-refractivity contribution in [3.05, 3.63) is 35.4 Å². The number of rotatable bonds is 5. The summed E-state index contributed by atoms with van der Waals surface area (Å²) in [6.07, 6.45) is -4.41. The molecule has 0 atom stereocenters. The zero-order chi connectivity index (χ0) is 17.8. The maximum atomic E-state index is 12.9. The summed E-state index contributed by atoms with van der Waals surface area (Å²) in [6, 6.07) is 4.97. The number of nitrogens with zero attached hydrogens (tertiary/aromatic N) is 1. The van der Waals surface area contributed by atoms with Crippen LogP contribution in [0.3, 0.4) is 0 Å². The first-order valence-corrected chi connectivity index (χ1v) is 8.10. The molecule has 1 aromatic rings. The number of benzene rings is 1. The monoisotopic (exact) mass is 379 g/mol. The van der Waals surface area contributed by atoms with E-state index in [4.69, 9.17) is 0 Å². The topological polar surface area (TPSA) is 44.4 Å². The summed E-state index contributed by atoms with van der Waals surface area (Å²) >= 11 is 0. The molecule has 4 nitrogen and oxygen atoms in total. The number of carbonyl (C=O) groups is 1. The Morgan fingerprint density at radius 2 is 1.80 bits per heavy atom. The lowest BCUT2D eigenvalue weighted by Crippen LogP contribution is -2.48. The Morgan fingerprint density at radius 3 is 2.40 bits per heavy atom. The zero-order valence-corrected chi connectivity index (χ0v) is 15.3. The van der Waals surface area contributed by atoms with Crippen molar-refractivity contribution < 1.29 is 18.0 Å². The highest BCUT2D eigenvalue weighted by Crippen LogP contribution is 2.32. The predicted octanol–water partition coefficient (Wildman–Crippen LogP) is 2.43. The molecule has 1 saturated heterocycles. The van der Waals surface area contributed by atoms with E-state index >= 15 is 0 Å². The van der Waals surface area contributed by atoms with Gasteiger partial charge in [0.2, 0.25) is 5.91 Å². The summed E-state index contributed by atoms with van der Waals surface area (Å²) in [5, 5.41) is 6.10. The number of nitrogens with one attached hydrogen (secondary N) is 2. The highest BCUT2D eigenvalue weighted by molar-refractivity contribution is 5.87. The van der Waals surface area contributed by atoms with Crippen molar-refractivity contribution in [2.24, 2.45) is 0 Å². The van der Waals surface area contributed by atoms with Crippen LogP contribution in [0.25, 0.3) is 0 Å². The molecule has 1 heterocycles. The third-order valence-electron chi connectivity index (χ3n) is 4.40. The van der Waals surface area contributed by atoms with Gasteiger partial charge in [-0.1, -0.05) is 18.2 Å². The van der Waals surface area contributed by atoms with Gasteiger partial charge in [-0.25, -0.2) is 0 Å². The van der Waals surface area contributed by atoms with Gasteiger partial charge < -0.3 is 10.6 Å². The molecule has 1 amide bonds.